The van der Waals surface area contributed by atoms with Crippen LogP contribution in [0.3, 0.4) is 0 Å². The molecule has 0 spiro atoms. The van der Waals surface area contributed by atoms with Crippen molar-refractivity contribution in [3.63, 3.8) is 0 Å². The third-order valence-electron chi connectivity index (χ3n) is 3.82. The zero-order chi connectivity index (χ0) is 19.9. The standard InChI is InChI=1S/C21H16F2N2O3/c22-16-10-8-14(9-11-16)13-28-17-5-3-4-15(12-17)20(26)24-25-21(27)18-6-1-2-7-19(18)23/h1-12H,13H2,(H,24,26)(H,25,27). The Morgan fingerprint density at radius 2 is 1.54 bits per heavy atom. The summed E-state index contributed by atoms with van der Waals surface area (Å²) in [4.78, 5) is 24.1. The Morgan fingerprint density at radius 1 is 0.821 bits per heavy atom. The number of hydrogen-bond donors (Lipinski definition) is 2. The van der Waals surface area contributed by atoms with Gasteiger partial charge in [0.05, 0.1) is 5.56 Å². The van der Waals surface area contributed by atoms with Crippen molar-refractivity contribution in [3.8, 4) is 5.75 Å². The lowest BCUT2D eigenvalue weighted by atomic mass is 10.2. The summed E-state index contributed by atoms with van der Waals surface area (Å²) in [6.07, 6.45) is 0. The smallest absolute Gasteiger partial charge is 0.272 e. The van der Waals surface area contributed by atoms with Crippen molar-refractivity contribution < 1.29 is 23.1 Å². The molecule has 3 aromatic rings. The van der Waals surface area contributed by atoms with Crippen LogP contribution in [0.1, 0.15) is 26.3 Å². The topological polar surface area (TPSA) is 67.4 Å². The Kier molecular flexibility index (Phi) is 5.96. The highest BCUT2D eigenvalue weighted by Gasteiger charge is 2.13. The van der Waals surface area contributed by atoms with E-state index in [4.69, 9.17) is 4.74 Å². The average Bonchev–Trinajstić information content (AvgIpc) is 2.72. The number of amides is 2. The molecule has 142 valence electrons. The van der Waals surface area contributed by atoms with Crippen LogP contribution in [0.15, 0.2) is 72.8 Å². The monoisotopic (exact) mass is 382 g/mol. The molecule has 0 aliphatic rings. The molecule has 5 nitrogen and oxygen atoms in total. The fourth-order valence-electron chi connectivity index (χ4n) is 2.37. The summed E-state index contributed by atoms with van der Waals surface area (Å²) < 4.78 is 32.1. The predicted octanol–water partition coefficient (Wildman–Crippen LogP) is 3.62. The molecule has 0 bridgehead atoms. The van der Waals surface area contributed by atoms with Crippen molar-refractivity contribution in [2.45, 2.75) is 6.61 Å². The molecule has 2 N–H and O–H groups in total. The first-order valence-corrected chi connectivity index (χ1v) is 8.35. The highest BCUT2D eigenvalue weighted by Crippen LogP contribution is 2.15. The van der Waals surface area contributed by atoms with Gasteiger partial charge in [-0.2, -0.15) is 0 Å². The van der Waals surface area contributed by atoms with E-state index >= 15 is 0 Å². The van der Waals surface area contributed by atoms with E-state index < -0.39 is 17.6 Å². The van der Waals surface area contributed by atoms with Gasteiger partial charge in [-0.3, -0.25) is 20.4 Å². The number of hydrogen-bond acceptors (Lipinski definition) is 3. The summed E-state index contributed by atoms with van der Waals surface area (Å²) >= 11 is 0. The number of hydrazine groups is 1. The lowest BCUT2D eigenvalue weighted by Gasteiger charge is -2.10. The number of carbonyl (C=O) groups is 2. The number of benzene rings is 3. The highest BCUT2D eigenvalue weighted by atomic mass is 19.1. The van der Waals surface area contributed by atoms with Gasteiger partial charge in [0.25, 0.3) is 11.8 Å². The molecule has 0 saturated heterocycles. The quantitative estimate of drug-likeness (QED) is 0.663. The maximum absolute atomic E-state index is 13.6. The van der Waals surface area contributed by atoms with Crippen molar-refractivity contribution in [3.05, 3.63) is 101 Å². The molecule has 0 aliphatic heterocycles. The van der Waals surface area contributed by atoms with Gasteiger partial charge in [-0.1, -0.05) is 30.3 Å². The molecule has 0 unspecified atom stereocenters. The summed E-state index contributed by atoms with van der Waals surface area (Å²) in [5.41, 5.74) is 5.23. The zero-order valence-corrected chi connectivity index (χ0v) is 14.6. The SMILES string of the molecule is O=C(NNC(=O)c1ccccc1F)c1cccc(OCc2ccc(F)cc2)c1. The zero-order valence-electron chi connectivity index (χ0n) is 14.6. The van der Waals surface area contributed by atoms with Crippen molar-refractivity contribution in [1.82, 2.24) is 10.9 Å². The summed E-state index contributed by atoms with van der Waals surface area (Å²) in [5, 5.41) is 0. The van der Waals surface area contributed by atoms with Crippen LogP contribution in [-0.4, -0.2) is 11.8 Å². The van der Waals surface area contributed by atoms with E-state index in [2.05, 4.69) is 10.9 Å². The molecule has 3 rings (SSSR count). The van der Waals surface area contributed by atoms with Gasteiger partial charge in [0.1, 0.15) is 24.0 Å². The van der Waals surface area contributed by atoms with Crippen LogP contribution in [0.2, 0.25) is 0 Å². The third kappa shape index (κ3) is 4.91. The minimum atomic E-state index is -0.768. The Bertz CT molecular complexity index is 991. The van der Waals surface area contributed by atoms with Crippen LogP contribution in [0.5, 0.6) is 5.75 Å². The van der Waals surface area contributed by atoms with E-state index in [1.165, 1.54) is 42.5 Å². The fourth-order valence-corrected chi connectivity index (χ4v) is 2.37. The van der Waals surface area contributed by atoms with Gasteiger partial charge in [-0.05, 0) is 48.0 Å². The molecule has 0 heterocycles. The lowest BCUT2D eigenvalue weighted by Crippen LogP contribution is -2.41. The van der Waals surface area contributed by atoms with Crippen molar-refractivity contribution in [2.75, 3.05) is 0 Å². The van der Waals surface area contributed by atoms with Gasteiger partial charge in [0.15, 0.2) is 0 Å². The molecule has 7 heteroatoms. The first-order valence-electron chi connectivity index (χ1n) is 8.35. The molecule has 3 aromatic carbocycles. The number of nitrogens with one attached hydrogen (secondary N) is 2. The number of ether oxygens (including phenoxy) is 1. The summed E-state index contributed by atoms with van der Waals surface area (Å²) in [6, 6.07) is 17.6. The minimum Gasteiger partial charge on any atom is -0.489 e. The molecular weight excluding hydrogens is 366 g/mol. The van der Waals surface area contributed by atoms with Crippen LogP contribution in [0, 0.1) is 11.6 Å². The predicted molar refractivity (Wildman–Crippen MR) is 98.5 cm³/mol. The lowest BCUT2D eigenvalue weighted by molar-refractivity contribution is 0.0844. The third-order valence-corrected chi connectivity index (χ3v) is 3.82. The fraction of sp³-hybridized carbons (Fsp3) is 0.0476. The van der Waals surface area contributed by atoms with Crippen LogP contribution in [-0.2, 0) is 6.61 Å². The second kappa shape index (κ2) is 8.77. The van der Waals surface area contributed by atoms with E-state index in [0.717, 1.165) is 11.6 Å². The maximum Gasteiger partial charge on any atom is 0.272 e. The number of halogens is 2. The molecule has 0 radical (unpaired) electrons. The van der Waals surface area contributed by atoms with Crippen LogP contribution >= 0.6 is 0 Å². The van der Waals surface area contributed by atoms with Gasteiger partial charge < -0.3 is 4.74 Å². The normalized spacial score (nSPS) is 10.2. The van der Waals surface area contributed by atoms with Crippen LogP contribution < -0.4 is 15.6 Å². The Hall–Kier alpha value is -3.74. The van der Waals surface area contributed by atoms with Crippen LogP contribution in [0.25, 0.3) is 0 Å². The van der Waals surface area contributed by atoms with Crippen LogP contribution in [0.4, 0.5) is 8.78 Å². The average molecular weight is 382 g/mol. The largest absolute Gasteiger partial charge is 0.489 e. The van der Waals surface area contributed by atoms with Crippen molar-refractivity contribution in [1.29, 1.82) is 0 Å². The second-order valence-corrected chi connectivity index (χ2v) is 5.83. The summed E-state index contributed by atoms with van der Waals surface area (Å²) in [6.45, 7) is 0.204. The molecule has 0 aromatic heterocycles. The maximum atomic E-state index is 13.6. The molecule has 28 heavy (non-hydrogen) atoms. The Morgan fingerprint density at radius 3 is 2.29 bits per heavy atom. The van der Waals surface area contributed by atoms with Crippen molar-refractivity contribution >= 4 is 11.8 Å². The first-order chi connectivity index (χ1) is 13.5. The van der Waals surface area contributed by atoms with E-state index in [9.17, 15) is 18.4 Å². The Balaban J connectivity index is 1.58. The molecule has 2 amide bonds. The first kappa shape index (κ1) is 19.0. The van der Waals surface area contributed by atoms with Gasteiger partial charge in [-0.15, -0.1) is 0 Å². The molecular formula is C21H16F2N2O3. The Labute approximate surface area is 159 Å². The molecule has 0 atom stereocenters. The van der Waals surface area contributed by atoms with Gasteiger partial charge in [0.2, 0.25) is 0 Å². The summed E-state index contributed by atoms with van der Waals surface area (Å²) in [5.74, 6) is -1.95. The van der Waals surface area contributed by atoms with E-state index in [1.807, 2.05) is 0 Å². The van der Waals surface area contributed by atoms with E-state index in [0.29, 0.717) is 5.75 Å². The second-order valence-electron chi connectivity index (χ2n) is 5.83. The molecule has 0 saturated carbocycles. The van der Waals surface area contributed by atoms with E-state index in [-0.39, 0.29) is 23.6 Å². The van der Waals surface area contributed by atoms with Gasteiger partial charge in [-0.25, -0.2) is 8.78 Å². The number of rotatable bonds is 5. The molecule has 0 fully saturated rings. The van der Waals surface area contributed by atoms with Gasteiger partial charge in [0, 0.05) is 5.56 Å². The van der Waals surface area contributed by atoms with Gasteiger partial charge >= 0.3 is 0 Å². The highest BCUT2D eigenvalue weighted by molar-refractivity contribution is 5.99. The molecule has 0 aliphatic carbocycles. The van der Waals surface area contributed by atoms with Crippen molar-refractivity contribution in [2.24, 2.45) is 0 Å². The summed E-state index contributed by atoms with van der Waals surface area (Å²) in [7, 11) is 0. The minimum absolute atomic E-state index is 0.181. The van der Waals surface area contributed by atoms with E-state index in [1.54, 1.807) is 24.3 Å². The number of carbonyl (C=O) groups excluding carboxylic acids is 2.